The second-order valence-corrected chi connectivity index (χ2v) is 5.42. The molecule has 1 atom stereocenters. The fraction of sp³-hybridized carbons (Fsp3) is 0.294. The summed E-state index contributed by atoms with van der Waals surface area (Å²) in [5.41, 5.74) is 17.7. The molecule has 0 bridgehead atoms. The Hall–Kier alpha value is -1.80. The van der Waals surface area contributed by atoms with E-state index < -0.39 is 0 Å². The first-order chi connectivity index (χ1) is 8.99. The van der Waals surface area contributed by atoms with E-state index in [1.54, 1.807) is 0 Å². The Kier molecular flexibility index (Phi) is 3.91. The standard InChI is InChI=1S/C17H22N2/c1-11(2)14-5-4-12(3)16(10-14)17(19)13-6-8-15(18)9-7-13/h4-11,17H,18-19H2,1-3H3. The lowest BCUT2D eigenvalue weighted by molar-refractivity contribution is 0.830. The summed E-state index contributed by atoms with van der Waals surface area (Å²) >= 11 is 0. The molecule has 0 spiro atoms. The molecule has 4 N–H and O–H groups in total. The van der Waals surface area contributed by atoms with Gasteiger partial charge in [0, 0.05) is 5.69 Å². The predicted molar refractivity (Wildman–Crippen MR) is 82.2 cm³/mol. The number of hydrogen-bond acceptors (Lipinski definition) is 2. The van der Waals surface area contributed by atoms with Crippen molar-refractivity contribution < 1.29 is 0 Å². The van der Waals surface area contributed by atoms with Crippen LogP contribution >= 0.6 is 0 Å². The SMILES string of the molecule is Cc1ccc(C(C)C)cc1C(N)c1ccc(N)cc1. The van der Waals surface area contributed by atoms with E-state index in [1.165, 1.54) is 16.7 Å². The normalized spacial score (nSPS) is 12.7. The third-order valence-electron chi connectivity index (χ3n) is 3.60. The summed E-state index contributed by atoms with van der Waals surface area (Å²) in [6.07, 6.45) is 0. The molecule has 2 heteroatoms. The summed E-state index contributed by atoms with van der Waals surface area (Å²) in [5.74, 6) is 0.512. The second-order valence-electron chi connectivity index (χ2n) is 5.42. The largest absolute Gasteiger partial charge is 0.399 e. The van der Waals surface area contributed by atoms with Gasteiger partial charge in [-0.25, -0.2) is 0 Å². The molecule has 2 nitrogen and oxygen atoms in total. The molecule has 100 valence electrons. The van der Waals surface area contributed by atoms with E-state index in [2.05, 4.69) is 39.0 Å². The van der Waals surface area contributed by atoms with Gasteiger partial charge in [0.1, 0.15) is 0 Å². The Labute approximate surface area is 115 Å². The molecular weight excluding hydrogens is 232 g/mol. The van der Waals surface area contributed by atoms with E-state index in [4.69, 9.17) is 11.5 Å². The molecule has 1 unspecified atom stereocenters. The molecule has 0 saturated heterocycles. The van der Waals surface area contributed by atoms with E-state index in [0.29, 0.717) is 5.92 Å². The Balaban J connectivity index is 2.40. The number of anilines is 1. The third kappa shape index (κ3) is 2.96. The monoisotopic (exact) mass is 254 g/mol. The van der Waals surface area contributed by atoms with E-state index in [1.807, 2.05) is 24.3 Å². The van der Waals surface area contributed by atoms with Crippen LogP contribution < -0.4 is 11.5 Å². The summed E-state index contributed by atoms with van der Waals surface area (Å²) in [7, 11) is 0. The van der Waals surface area contributed by atoms with E-state index in [9.17, 15) is 0 Å². The Bertz CT molecular complexity index is 556. The third-order valence-corrected chi connectivity index (χ3v) is 3.60. The van der Waals surface area contributed by atoms with Gasteiger partial charge in [-0.05, 0) is 47.2 Å². The first-order valence-electron chi connectivity index (χ1n) is 6.70. The molecule has 0 aliphatic carbocycles. The Morgan fingerprint density at radius 1 is 0.895 bits per heavy atom. The number of nitrogen functional groups attached to an aromatic ring is 1. The maximum Gasteiger partial charge on any atom is 0.0554 e. The maximum absolute atomic E-state index is 6.40. The van der Waals surface area contributed by atoms with Gasteiger partial charge in [0.25, 0.3) is 0 Å². The number of rotatable bonds is 3. The van der Waals surface area contributed by atoms with Gasteiger partial charge in [-0.2, -0.15) is 0 Å². The molecule has 0 fully saturated rings. The molecular formula is C17H22N2. The zero-order valence-electron chi connectivity index (χ0n) is 11.9. The molecule has 2 aromatic carbocycles. The zero-order chi connectivity index (χ0) is 14.0. The van der Waals surface area contributed by atoms with Crippen LogP contribution in [0.4, 0.5) is 5.69 Å². The van der Waals surface area contributed by atoms with E-state index in [0.717, 1.165) is 11.3 Å². The number of aryl methyl sites for hydroxylation is 1. The molecule has 2 aromatic rings. The van der Waals surface area contributed by atoms with E-state index in [-0.39, 0.29) is 6.04 Å². The summed E-state index contributed by atoms with van der Waals surface area (Å²) in [6, 6.07) is 14.3. The zero-order valence-corrected chi connectivity index (χ0v) is 11.9. The van der Waals surface area contributed by atoms with Crippen LogP contribution in [-0.4, -0.2) is 0 Å². The number of nitrogens with two attached hydrogens (primary N) is 2. The molecule has 0 radical (unpaired) electrons. The second kappa shape index (κ2) is 5.45. The van der Waals surface area contributed by atoms with Crippen LogP contribution in [0.2, 0.25) is 0 Å². The highest BCUT2D eigenvalue weighted by molar-refractivity contribution is 5.44. The molecule has 2 rings (SSSR count). The van der Waals surface area contributed by atoms with Gasteiger partial charge in [-0.3, -0.25) is 0 Å². The Morgan fingerprint density at radius 2 is 1.47 bits per heavy atom. The molecule has 0 aromatic heterocycles. The molecule has 0 saturated carbocycles. The van der Waals surface area contributed by atoms with Crippen molar-refractivity contribution in [2.45, 2.75) is 32.7 Å². The highest BCUT2D eigenvalue weighted by Gasteiger charge is 2.13. The minimum atomic E-state index is -0.0979. The topological polar surface area (TPSA) is 52.0 Å². The van der Waals surface area contributed by atoms with Gasteiger partial charge in [0.15, 0.2) is 0 Å². The lowest BCUT2D eigenvalue weighted by Crippen LogP contribution is -2.13. The quantitative estimate of drug-likeness (QED) is 0.820. The summed E-state index contributed by atoms with van der Waals surface area (Å²) in [4.78, 5) is 0. The van der Waals surface area contributed by atoms with Gasteiger partial charge in [0.05, 0.1) is 6.04 Å². The van der Waals surface area contributed by atoms with Crippen LogP contribution in [0.1, 0.15) is 48.1 Å². The maximum atomic E-state index is 6.40. The molecule has 0 aliphatic rings. The predicted octanol–water partition coefficient (Wildman–Crippen LogP) is 3.75. The van der Waals surface area contributed by atoms with Crippen LogP contribution in [0.25, 0.3) is 0 Å². The summed E-state index contributed by atoms with van der Waals surface area (Å²) in [6.45, 7) is 6.50. The molecule has 0 heterocycles. The van der Waals surface area contributed by atoms with Crippen molar-refractivity contribution in [1.29, 1.82) is 0 Å². The minimum Gasteiger partial charge on any atom is -0.399 e. The van der Waals surface area contributed by atoms with Gasteiger partial charge in [-0.1, -0.05) is 44.2 Å². The molecule has 19 heavy (non-hydrogen) atoms. The highest BCUT2D eigenvalue weighted by Crippen LogP contribution is 2.26. The van der Waals surface area contributed by atoms with Crippen molar-refractivity contribution in [2.24, 2.45) is 5.73 Å². The van der Waals surface area contributed by atoms with Crippen LogP contribution in [0.3, 0.4) is 0 Å². The van der Waals surface area contributed by atoms with Crippen LogP contribution in [0, 0.1) is 6.92 Å². The van der Waals surface area contributed by atoms with Crippen LogP contribution in [0.15, 0.2) is 42.5 Å². The minimum absolute atomic E-state index is 0.0979. The molecule has 0 amide bonds. The van der Waals surface area contributed by atoms with Crippen molar-refractivity contribution in [3.05, 3.63) is 64.7 Å². The Morgan fingerprint density at radius 3 is 2.05 bits per heavy atom. The summed E-state index contributed by atoms with van der Waals surface area (Å²) < 4.78 is 0. The lowest BCUT2D eigenvalue weighted by atomic mass is 9.91. The van der Waals surface area contributed by atoms with Crippen molar-refractivity contribution in [3.63, 3.8) is 0 Å². The van der Waals surface area contributed by atoms with Gasteiger partial charge in [0.2, 0.25) is 0 Å². The first-order valence-corrected chi connectivity index (χ1v) is 6.70. The van der Waals surface area contributed by atoms with Crippen molar-refractivity contribution in [1.82, 2.24) is 0 Å². The lowest BCUT2D eigenvalue weighted by Gasteiger charge is -2.18. The average molecular weight is 254 g/mol. The smallest absolute Gasteiger partial charge is 0.0554 e. The van der Waals surface area contributed by atoms with Crippen molar-refractivity contribution in [2.75, 3.05) is 5.73 Å². The van der Waals surface area contributed by atoms with Gasteiger partial charge in [-0.15, -0.1) is 0 Å². The first kappa shape index (κ1) is 13.6. The number of hydrogen-bond donors (Lipinski definition) is 2. The van der Waals surface area contributed by atoms with Gasteiger partial charge >= 0.3 is 0 Å². The van der Waals surface area contributed by atoms with E-state index >= 15 is 0 Å². The molecule has 0 aliphatic heterocycles. The van der Waals surface area contributed by atoms with Gasteiger partial charge < -0.3 is 11.5 Å². The average Bonchev–Trinajstić information content (AvgIpc) is 2.39. The van der Waals surface area contributed by atoms with Crippen LogP contribution in [0.5, 0.6) is 0 Å². The van der Waals surface area contributed by atoms with Crippen molar-refractivity contribution >= 4 is 5.69 Å². The fourth-order valence-corrected chi connectivity index (χ4v) is 2.24. The fourth-order valence-electron chi connectivity index (χ4n) is 2.24. The highest BCUT2D eigenvalue weighted by atomic mass is 14.6. The van der Waals surface area contributed by atoms with Crippen LogP contribution in [-0.2, 0) is 0 Å². The number of benzene rings is 2. The van der Waals surface area contributed by atoms with Crippen molar-refractivity contribution in [3.8, 4) is 0 Å². The summed E-state index contributed by atoms with van der Waals surface area (Å²) in [5, 5.41) is 0.